The molecule has 17 heavy (non-hydrogen) atoms. The van der Waals surface area contributed by atoms with Crippen LogP contribution in [-0.4, -0.2) is 17.7 Å². The Morgan fingerprint density at radius 2 is 2.29 bits per heavy atom. The molecule has 1 N–H and O–H groups in total. The van der Waals surface area contributed by atoms with Crippen molar-refractivity contribution >= 4 is 5.97 Å². The van der Waals surface area contributed by atoms with E-state index in [-0.39, 0.29) is 12.4 Å². The lowest BCUT2D eigenvalue weighted by atomic mass is 9.91. The molecule has 2 rings (SSSR count). The molecule has 1 aromatic rings. The molecular formula is C14H18O3. The zero-order valence-electron chi connectivity index (χ0n) is 10.3. The van der Waals surface area contributed by atoms with Crippen LogP contribution in [0.4, 0.5) is 0 Å². The van der Waals surface area contributed by atoms with Crippen molar-refractivity contribution < 1.29 is 14.6 Å². The third kappa shape index (κ3) is 2.20. The molecule has 0 saturated heterocycles. The minimum atomic E-state index is -1.03. The Labute approximate surface area is 101 Å². The van der Waals surface area contributed by atoms with Crippen LogP contribution in [0.1, 0.15) is 36.5 Å². The van der Waals surface area contributed by atoms with Gasteiger partial charge in [-0.25, -0.2) is 0 Å². The minimum Gasteiger partial charge on any atom is -0.466 e. The van der Waals surface area contributed by atoms with E-state index in [4.69, 9.17) is 4.74 Å². The van der Waals surface area contributed by atoms with Crippen LogP contribution < -0.4 is 0 Å². The number of hydrogen-bond donors (Lipinski definition) is 1. The number of fused-ring (bicyclic) bond motifs is 1. The van der Waals surface area contributed by atoms with E-state index in [0.717, 1.165) is 12.0 Å². The van der Waals surface area contributed by atoms with Crippen LogP contribution >= 0.6 is 0 Å². The standard InChI is InChI=1S/C14H18O3/c1-3-17-13(15)9-14(16)8-7-11-10(2)5-4-6-12(11)14/h4-6,16H,3,7-9H2,1-2H3. The van der Waals surface area contributed by atoms with E-state index in [1.54, 1.807) is 6.92 Å². The normalized spacial score (nSPS) is 22.3. The fraction of sp³-hybridized carbons (Fsp3) is 0.500. The third-order valence-corrected chi connectivity index (χ3v) is 3.44. The second-order valence-corrected chi connectivity index (χ2v) is 4.61. The van der Waals surface area contributed by atoms with E-state index < -0.39 is 5.60 Å². The van der Waals surface area contributed by atoms with Gasteiger partial charge in [-0.15, -0.1) is 0 Å². The molecule has 1 atom stereocenters. The molecule has 0 heterocycles. The van der Waals surface area contributed by atoms with E-state index in [2.05, 4.69) is 0 Å². The minimum absolute atomic E-state index is 0.0529. The van der Waals surface area contributed by atoms with Crippen LogP contribution in [0.15, 0.2) is 18.2 Å². The Bertz CT molecular complexity index is 439. The van der Waals surface area contributed by atoms with Gasteiger partial charge in [0.1, 0.15) is 5.60 Å². The van der Waals surface area contributed by atoms with Gasteiger partial charge in [0.15, 0.2) is 0 Å². The lowest BCUT2D eigenvalue weighted by Crippen LogP contribution is -2.27. The van der Waals surface area contributed by atoms with Crippen LogP contribution in [0.25, 0.3) is 0 Å². The SMILES string of the molecule is CCOC(=O)CC1(O)CCc2c(C)cccc21. The van der Waals surface area contributed by atoms with Crippen LogP contribution in [0.2, 0.25) is 0 Å². The Hall–Kier alpha value is -1.35. The smallest absolute Gasteiger partial charge is 0.309 e. The van der Waals surface area contributed by atoms with Crippen LogP contribution in [0, 0.1) is 6.92 Å². The first-order valence-corrected chi connectivity index (χ1v) is 6.04. The molecule has 0 saturated carbocycles. The molecule has 0 amide bonds. The molecule has 1 unspecified atom stereocenters. The summed E-state index contributed by atoms with van der Waals surface area (Å²) in [5, 5.41) is 10.6. The van der Waals surface area contributed by atoms with Gasteiger partial charge in [-0.05, 0) is 43.4 Å². The van der Waals surface area contributed by atoms with Gasteiger partial charge in [0.05, 0.1) is 13.0 Å². The van der Waals surface area contributed by atoms with Gasteiger partial charge in [-0.1, -0.05) is 18.2 Å². The van der Waals surface area contributed by atoms with E-state index in [1.165, 1.54) is 11.1 Å². The number of rotatable bonds is 3. The second kappa shape index (κ2) is 4.49. The Balaban J connectivity index is 2.25. The zero-order chi connectivity index (χ0) is 12.5. The molecule has 0 spiro atoms. The van der Waals surface area contributed by atoms with Gasteiger partial charge >= 0.3 is 5.97 Å². The molecule has 92 valence electrons. The van der Waals surface area contributed by atoms with Gasteiger partial charge < -0.3 is 9.84 Å². The molecule has 0 aliphatic heterocycles. The van der Waals surface area contributed by atoms with Gasteiger partial charge in [0, 0.05) is 0 Å². The number of esters is 1. The third-order valence-electron chi connectivity index (χ3n) is 3.44. The first-order chi connectivity index (χ1) is 8.07. The molecule has 3 heteroatoms. The van der Waals surface area contributed by atoms with Crippen molar-refractivity contribution in [2.24, 2.45) is 0 Å². The molecule has 0 bridgehead atoms. The van der Waals surface area contributed by atoms with E-state index in [0.29, 0.717) is 13.0 Å². The summed E-state index contributed by atoms with van der Waals surface area (Å²) in [6.45, 7) is 4.17. The lowest BCUT2D eigenvalue weighted by molar-refractivity contribution is -0.149. The summed E-state index contributed by atoms with van der Waals surface area (Å²) in [6, 6.07) is 5.87. The Morgan fingerprint density at radius 1 is 1.53 bits per heavy atom. The predicted molar refractivity (Wildman–Crippen MR) is 64.6 cm³/mol. The van der Waals surface area contributed by atoms with E-state index in [1.807, 2.05) is 25.1 Å². The highest BCUT2D eigenvalue weighted by molar-refractivity contribution is 5.71. The molecule has 1 aliphatic rings. The van der Waals surface area contributed by atoms with Gasteiger partial charge in [-0.2, -0.15) is 0 Å². The number of carbonyl (C=O) groups excluding carboxylic acids is 1. The van der Waals surface area contributed by atoms with E-state index in [9.17, 15) is 9.90 Å². The largest absolute Gasteiger partial charge is 0.466 e. The first-order valence-electron chi connectivity index (χ1n) is 6.04. The number of carbonyl (C=O) groups is 1. The average Bonchev–Trinajstić information content (AvgIpc) is 2.58. The summed E-state index contributed by atoms with van der Waals surface area (Å²) in [5.41, 5.74) is 2.22. The summed E-state index contributed by atoms with van der Waals surface area (Å²) >= 11 is 0. The highest BCUT2D eigenvalue weighted by Gasteiger charge is 2.39. The van der Waals surface area contributed by atoms with Crippen LogP contribution in [0.3, 0.4) is 0 Å². The molecule has 1 aromatic carbocycles. The summed E-state index contributed by atoms with van der Waals surface area (Å²) in [7, 11) is 0. The van der Waals surface area contributed by atoms with E-state index >= 15 is 0 Å². The molecule has 3 nitrogen and oxygen atoms in total. The fourth-order valence-electron chi connectivity index (χ4n) is 2.57. The molecule has 0 fully saturated rings. The fourth-order valence-corrected chi connectivity index (χ4v) is 2.57. The van der Waals surface area contributed by atoms with Crippen molar-refractivity contribution in [1.29, 1.82) is 0 Å². The quantitative estimate of drug-likeness (QED) is 0.814. The van der Waals surface area contributed by atoms with Crippen molar-refractivity contribution in [1.82, 2.24) is 0 Å². The van der Waals surface area contributed by atoms with Crippen molar-refractivity contribution in [3.63, 3.8) is 0 Å². The highest BCUT2D eigenvalue weighted by atomic mass is 16.5. The average molecular weight is 234 g/mol. The Morgan fingerprint density at radius 3 is 3.00 bits per heavy atom. The topological polar surface area (TPSA) is 46.5 Å². The molecule has 0 aromatic heterocycles. The van der Waals surface area contributed by atoms with Crippen molar-refractivity contribution in [3.05, 3.63) is 34.9 Å². The molecular weight excluding hydrogens is 216 g/mol. The van der Waals surface area contributed by atoms with Crippen LogP contribution in [0.5, 0.6) is 0 Å². The predicted octanol–water partition coefficient (Wildman–Crippen LogP) is 2.08. The number of hydrogen-bond acceptors (Lipinski definition) is 3. The summed E-state index contributed by atoms with van der Waals surface area (Å²) in [5.74, 6) is -0.329. The summed E-state index contributed by atoms with van der Waals surface area (Å²) in [4.78, 5) is 11.5. The Kier molecular flexibility index (Phi) is 3.20. The first kappa shape index (κ1) is 12.1. The number of aliphatic hydroxyl groups is 1. The number of benzene rings is 1. The number of ether oxygens (including phenoxy) is 1. The maximum atomic E-state index is 11.5. The monoisotopic (exact) mass is 234 g/mol. The van der Waals surface area contributed by atoms with Gasteiger partial charge in [-0.3, -0.25) is 4.79 Å². The summed E-state index contributed by atoms with van der Waals surface area (Å²) < 4.78 is 4.92. The van der Waals surface area contributed by atoms with Crippen molar-refractivity contribution in [2.75, 3.05) is 6.61 Å². The summed E-state index contributed by atoms with van der Waals surface area (Å²) in [6.07, 6.45) is 1.49. The highest BCUT2D eigenvalue weighted by Crippen LogP contribution is 2.40. The number of aryl methyl sites for hydroxylation is 1. The van der Waals surface area contributed by atoms with Crippen molar-refractivity contribution in [2.45, 2.75) is 38.7 Å². The second-order valence-electron chi connectivity index (χ2n) is 4.61. The maximum absolute atomic E-state index is 11.5. The molecule has 1 aliphatic carbocycles. The van der Waals surface area contributed by atoms with Crippen molar-refractivity contribution in [3.8, 4) is 0 Å². The van der Waals surface area contributed by atoms with Gasteiger partial charge in [0.2, 0.25) is 0 Å². The maximum Gasteiger partial charge on any atom is 0.309 e. The molecule has 0 radical (unpaired) electrons. The van der Waals surface area contributed by atoms with Crippen LogP contribution in [-0.2, 0) is 21.6 Å². The van der Waals surface area contributed by atoms with Gasteiger partial charge in [0.25, 0.3) is 0 Å². The lowest BCUT2D eigenvalue weighted by Gasteiger charge is -2.23. The zero-order valence-corrected chi connectivity index (χ0v) is 10.3.